The van der Waals surface area contributed by atoms with Gasteiger partial charge in [-0.15, -0.1) is 0 Å². The monoisotopic (exact) mass is 445 g/mol. The number of ether oxygens (including phenoxy) is 1. The molecular formula is C21H21F2N5O4. The lowest BCUT2D eigenvalue weighted by atomic mass is 9.78. The van der Waals surface area contributed by atoms with Gasteiger partial charge in [0.25, 0.3) is 5.91 Å². The molecule has 2 saturated heterocycles. The molecule has 1 aromatic heterocycles. The lowest BCUT2D eigenvalue weighted by Gasteiger charge is -2.55. The van der Waals surface area contributed by atoms with Crippen LogP contribution in [0, 0.1) is 5.41 Å². The van der Waals surface area contributed by atoms with Crippen LogP contribution in [0.2, 0.25) is 0 Å². The van der Waals surface area contributed by atoms with Gasteiger partial charge in [0.1, 0.15) is 0 Å². The minimum absolute atomic E-state index is 0.0653. The summed E-state index contributed by atoms with van der Waals surface area (Å²) in [5.41, 5.74) is 4.90. The molecule has 2 fully saturated rings. The minimum Gasteiger partial charge on any atom is -0.380 e. The van der Waals surface area contributed by atoms with Crippen LogP contribution in [0.15, 0.2) is 48.7 Å². The molecule has 0 aliphatic carbocycles. The van der Waals surface area contributed by atoms with Gasteiger partial charge in [-0.3, -0.25) is 30.3 Å². The lowest BCUT2D eigenvalue weighted by Crippen LogP contribution is -2.68. The maximum Gasteiger partial charge on any atom is 0.324 e. The van der Waals surface area contributed by atoms with Crippen molar-refractivity contribution in [1.29, 1.82) is 0 Å². The van der Waals surface area contributed by atoms with Gasteiger partial charge in [-0.1, -0.05) is 18.2 Å². The predicted octanol–water partition coefficient (Wildman–Crippen LogP) is 1.57. The highest BCUT2D eigenvalue weighted by Crippen LogP contribution is 2.38. The van der Waals surface area contributed by atoms with Crippen LogP contribution >= 0.6 is 0 Å². The van der Waals surface area contributed by atoms with Crippen LogP contribution in [0.1, 0.15) is 16.1 Å². The van der Waals surface area contributed by atoms with E-state index in [1.54, 1.807) is 21.3 Å². The van der Waals surface area contributed by atoms with Gasteiger partial charge >= 0.3 is 18.4 Å². The molecule has 2 aliphatic heterocycles. The fraction of sp³-hybridized carbons (Fsp3) is 0.333. The van der Waals surface area contributed by atoms with Crippen molar-refractivity contribution >= 4 is 23.5 Å². The Kier molecular flexibility index (Phi) is 5.99. The number of pyridine rings is 1. The number of hydrogen-bond donors (Lipinski definition) is 2. The lowest BCUT2D eigenvalue weighted by molar-refractivity contribution is -0.174. The Bertz CT molecular complexity index is 991. The smallest absolute Gasteiger partial charge is 0.324 e. The quantitative estimate of drug-likeness (QED) is 0.680. The van der Waals surface area contributed by atoms with Crippen molar-refractivity contribution < 1.29 is 27.9 Å². The first-order chi connectivity index (χ1) is 15.4. The van der Waals surface area contributed by atoms with E-state index in [-0.39, 0.29) is 23.6 Å². The Morgan fingerprint density at radius 3 is 2.38 bits per heavy atom. The largest absolute Gasteiger partial charge is 0.380 e. The Labute approximate surface area is 182 Å². The zero-order valence-corrected chi connectivity index (χ0v) is 17.0. The van der Waals surface area contributed by atoms with E-state index in [2.05, 4.69) is 4.98 Å². The van der Waals surface area contributed by atoms with Gasteiger partial charge in [-0.05, 0) is 24.3 Å². The number of hydrogen-bond acceptors (Lipinski definition) is 5. The van der Waals surface area contributed by atoms with Gasteiger partial charge in [-0.25, -0.2) is 4.79 Å². The van der Waals surface area contributed by atoms with E-state index in [0.717, 1.165) is 0 Å². The fourth-order valence-corrected chi connectivity index (χ4v) is 3.58. The summed E-state index contributed by atoms with van der Waals surface area (Å²) in [6, 6.07) is 12.0. The van der Waals surface area contributed by atoms with E-state index in [0.29, 0.717) is 37.7 Å². The summed E-state index contributed by atoms with van der Waals surface area (Å²) in [7, 11) is 0. The first-order valence-electron chi connectivity index (χ1n) is 9.89. The Morgan fingerprint density at radius 2 is 1.81 bits per heavy atom. The molecule has 2 aromatic rings. The number of likely N-dealkylation sites (tertiary alicyclic amines) is 1. The van der Waals surface area contributed by atoms with Gasteiger partial charge in [0.05, 0.1) is 36.4 Å². The second-order valence-corrected chi connectivity index (χ2v) is 7.84. The maximum atomic E-state index is 13.2. The number of carbonyl (C=O) groups excluding carboxylic acids is 3. The van der Waals surface area contributed by atoms with Gasteiger partial charge in [0.15, 0.2) is 0 Å². The number of rotatable bonds is 5. The normalized spacial score (nSPS) is 16.2. The summed E-state index contributed by atoms with van der Waals surface area (Å²) in [5, 5.41) is 0. The highest BCUT2D eigenvalue weighted by Gasteiger charge is 2.51. The topological polar surface area (TPSA) is 104 Å². The highest BCUT2D eigenvalue weighted by molar-refractivity contribution is 5.95. The van der Waals surface area contributed by atoms with Crippen molar-refractivity contribution in [1.82, 2.24) is 20.7 Å². The van der Waals surface area contributed by atoms with E-state index in [1.165, 1.54) is 12.3 Å². The van der Waals surface area contributed by atoms with E-state index < -0.39 is 18.2 Å². The molecule has 168 valence electrons. The summed E-state index contributed by atoms with van der Waals surface area (Å²) in [6.45, 7) is 2.81. The molecule has 3 heterocycles. The zero-order valence-electron chi connectivity index (χ0n) is 17.0. The number of nitrogens with one attached hydrogen (secondary N) is 2. The number of aromatic nitrogens is 1. The second kappa shape index (κ2) is 8.87. The van der Waals surface area contributed by atoms with Crippen LogP contribution in [0.25, 0.3) is 0 Å². The number of carbonyl (C=O) groups is 3. The summed E-state index contributed by atoms with van der Waals surface area (Å²) in [6.07, 6.45) is -1.99. The van der Waals surface area contributed by atoms with E-state index in [1.807, 2.05) is 35.8 Å². The molecular weight excluding hydrogens is 424 g/mol. The number of urea groups is 1. The average molecular weight is 445 g/mol. The zero-order chi connectivity index (χ0) is 22.7. The van der Waals surface area contributed by atoms with Crippen molar-refractivity contribution in [2.24, 2.45) is 5.41 Å². The molecule has 1 aromatic carbocycles. The molecule has 0 unspecified atom stereocenters. The van der Waals surface area contributed by atoms with Crippen LogP contribution in [0.4, 0.5) is 19.3 Å². The number of alkyl halides is 2. The number of hydrazine groups is 1. The van der Waals surface area contributed by atoms with Crippen LogP contribution in [-0.2, 0) is 16.1 Å². The average Bonchev–Trinajstić information content (AvgIpc) is 2.74. The third kappa shape index (κ3) is 4.52. The number of benzene rings is 1. The van der Waals surface area contributed by atoms with Crippen LogP contribution in [0.3, 0.4) is 0 Å². The third-order valence-electron chi connectivity index (χ3n) is 5.34. The van der Waals surface area contributed by atoms with Crippen LogP contribution in [0.5, 0.6) is 0 Å². The molecule has 1 spiro atoms. The fourth-order valence-electron chi connectivity index (χ4n) is 3.58. The molecule has 0 bridgehead atoms. The van der Waals surface area contributed by atoms with E-state index >= 15 is 0 Å². The first kappa shape index (κ1) is 21.6. The van der Waals surface area contributed by atoms with Gasteiger partial charge < -0.3 is 9.64 Å². The Balaban J connectivity index is 1.42. The molecule has 4 rings (SSSR count). The summed E-state index contributed by atoms with van der Waals surface area (Å²) < 4.78 is 29.7. The summed E-state index contributed by atoms with van der Waals surface area (Å²) in [4.78, 5) is 43.6. The highest BCUT2D eigenvalue weighted by atomic mass is 19.3. The van der Waals surface area contributed by atoms with Gasteiger partial charge in [-0.2, -0.15) is 8.78 Å². The number of para-hydroxylation sites is 1. The van der Waals surface area contributed by atoms with Crippen molar-refractivity contribution in [3.8, 4) is 0 Å². The molecule has 9 nitrogen and oxygen atoms in total. The van der Waals surface area contributed by atoms with Crippen LogP contribution in [-0.4, -0.2) is 60.5 Å². The number of amides is 4. The molecule has 2 N–H and O–H groups in total. The van der Waals surface area contributed by atoms with Crippen molar-refractivity contribution in [2.45, 2.75) is 13.0 Å². The second-order valence-electron chi connectivity index (χ2n) is 7.84. The molecule has 0 atom stereocenters. The predicted molar refractivity (Wildman–Crippen MR) is 109 cm³/mol. The SMILES string of the molecule is O=C(NNC(=O)C(F)F)c1ccc(CN(C(=O)N2CC3(COC3)C2)c2ccccc2)nc1. The Hall–Kier alpha value is -3.60. The summed E-state index contributed by atoms with van der Waals surface area (Å²) in [5.74, 6) is -2.40. The standard InChI is InChI=1S/C21H21F2N5O4/c22-17(23)19(30)26-25-18(29)14-6-7-15(24-8-14)9-28(16-4-2-1-3-5-16)20(31)27-10-21(11-27)12-32-13-21/h1-8,17H,9-13H2,(H,25,29)(H,26,30). The molecule has 11 heteroatoms. The summed E-state index contributed by atoms with van der Waals surface area (Å²) >= 11 is 0. The molecule has 0 radical (unpaired) electrons. The first-order valence-corrected chi connectivity index (χ1v) is 9.89. The number of anilines is 1. The number of halogens is 2. The minimum atomic E-state index is -3.24. The van der Waals surface area contributed by atoms with Gasteiger partial charge in [0, 0.05) is 25.0 Å². The number of nitrogens with zero attached hydrogens (tertiary/aromatic N) is 3. The third-order valence-corrected chi connectivity index (χ3v) is 5.34. The molecule has 0 saturated carbocycles. The van der Waals surface area contributed by atoms with E-state index in [4.69, 9.17) is 4.74 Å². The van der Waals surface area contributed by atoms with Crippen molar-refractivity contribution in [3.05, 3.63) is 59.9 Å². The van der Waals surface area contributed by atoms with Gasteiger partial charge in [0.2, 0.25) is 0 Å². The Morgan fingerprint density at radius 1 is 1.09 bits per heavy atom. The molecule has 2 aliphatic rings. The van der Waals surface area contributed by atoms with Crippen molar-refractivity contribution in [3.63, 3.8) is 0 Å². The maximum absolute atomic E-state index is 13.2. The van der Waals surface area contributed by atoms with Crippen LogP contribution < -0.4 is 15.8 Å². The van der Waals surface area contributed by atoms with E-state index in [9.17, 15) is 23.2 Å². The van der Waals surface area contributed by atoms with Crippen molar-refractivity contribution in [2.75, 3.05) is 31.2 Å². The molecule has 4 amide bonds. The molecule has 32 heavy (non-hydrogen) atoms.